The van der Waals surface area contributed by atoms with Crippen LogP contribution in [0.3, 0.4) is 0 Å². The number of nitrogens with zero attached hydrogens (tertiary/aromatic N) is 2. The first-order chi connectivity index (χ1) is 8.41. The molecule has 2 rings (SSSR count). The molecular formula is C10H8N2O6. The average molecular weight is 252 g/mol. The summed E-state index contributed by atoms with van der Waals surface area (Å²) in [6.07, 6.45) is 0. The van der Waals surface area contributed by atoms with E-state index in [0.717, 1.165) is 0 Å². The number of hydrogen-bond donors (Lipinski definition) is 1. The maximum absolute atomic E-state index is 11.5. The first-order valence-corrected chi connectivity index (χ1v) is 4.87. The van der Waals surface area contributed by atoms with Gasteiger partial charge in [-0.2, -0.15) is 0 Å². The third-order valence-corrected chi connectivity index (χ3v) is 2.44. The van der Waals surface area contributed by atoms with Gasteiger partial charge in [0.2, 0.25) is 5.76 Å². The lowest BCUT2D eigenvalue weighted by atomic mass is 10.4. The monoisotopic (exact) mass is 252 g/mol. The SMILES string of the molecule is CN1C(=O)C(=O)N(Cc2ccc(C(=O)O)o2)C1=O. The molecule has 8 heteroatoms. The van der Waals surface area contributed by atoms with Crippen molar-refractivity contribution < 1.29 is 28.7 Å². The number of hydrogen-bond acceptors (Lipinski definition) is 5. The van der Waals surface area contributed by atoms with Gasteiger partial charge in [0.1, 0.15) is 5.76 Å². The van der Waals surface area contributed by atoms with E-state index in [2.05, 4.69) is 0 Å². The van der Waals surface area contributed by atoms with Crippen LogP contribution in [-0.2, 0) is 16.1 Å². The van der Waals surface area contributed by atoms with E-state index >= 15 is 0 Å². The normalized spacial score (nSPS) is 15.7. The van der Waals surface area contributed by atoms with Crippen molar-refractivity contribution in [2.75, 3.05) is 7.05 Å². The summed E-state index contributed by atoms with van der Waals surface area (Å²) in [6.45, 7) is -0.277. The zero-order valence-corrected chi connectivity index (χ0v) is 9.24. The lowest BCUT2D eigenvalue weighted by Gasteiger charge is -2.10. The van der Waals surface area contributed by atoms with Crippen LogP contribution in [0.5, 0.6) is 0 Å². The van der Waals surface area contributed by atoms with Gasteiger partial charge < -0.3 is 9.52 Å². The first-order valence-electron chi connectivity index (χ1n) is 4.87. The Morgan fingerprint density at radius 2 is 1.94 bits per heavy atom. The Labute approximate surface area is 100 Å². The molecule has 0 bridgehead atoms. The molecule has 4 amide bonds. The molecule has 1 fully saturated rings. The van der Waals surface area contributed by atoms with Crippen molar-refractivity contribution >= 4 is 23.8 Å². The van der Waals surface area contributed by atoms with E-state index in [1.165, 1.54) is 19.2 Å². The molecule has 0 atom stereocenters. The van der Waals surface area contributed by atoms with Gasteiger partial charge in [-0.25, -0.2) is 14.5 Å². The summed E-state index contributed by atoms with van der Waals surface area (Å²) in [5, 5.41) is 8.64. The lowest BCUT2D eigenvalue weighted by molar-refractivity contribution is -0.143. The number of carboxylic acid groups (broad SMARTS) is 1. The maximum atomic E-state index is 11.5. The second kappa shape index (κ2) is 3.99. The first kappa shape index (κ1) is 11.8. The van der Waals surface area contributed by atoms with Crippen molar-refractivity contribution in [3.8, 4) is 0 Å². The maximum Gasteiger partial charge on any atom is 0.371 e. The molecule has 1 saturated heterocycles. The summed E-state index contributed by atoms with van der Waals surface area (Å²) < 4.78 is 4.90. The largest absolute Gasteiger partial charge is 0.475 e. The van der Waals surface area contributed by atoms with Gasteiger partial charge in [-0.1, -0.05) is 0 Å². The van der Waals surface area contributed by atoms with Gasteiger partial charge in [0.05, 0.1) is 6.54 Å². The minimum atomic E-state index is -1.26. The highest BCUT2D eigenvalue weighted by Crippen LogP contribution is 2.16. The van der Waals surface area contributed by atoms with E-state index in [0.29, 0.717) is 9.80 Å². The molecule has 94 valence electrons. The molecule has 8 nitrogen and oxygen atoms in total. The van der Waals surface area contributed by atoms with E-state index in [1.807, 2.05) is 0 Å². The Balaban J connectivity index is 2.19. The van der Waals surface area contributed by atoms with Crippen molar-refractivity contribution in [3.63, 3.8) is 0 Å². The van der Waals surface area contributed by atoms with Crippen LogP contribution >= 0.6 is 0 Å². The summed E-state index contributed by atoms with van der Waals surface area (Å²) in [7, 11) is 1.19. The van der Waals surface area contributed by atoms with Crippen LogP contribution in [0.1, 0.15) is 16.3 Å². The third-order valence-electron chi connectivity index (χ3n) is 2.44. The predicted molar refractivity (Wildman–Crippen MR) is 54.4 cm³/mol. The predicted octanol–water partition coefficient (Wildman–Crippen LogP) is -0.102. The van der Waals surface area contributed by atoms with Gasteiger partial charge in [-0.3, -0.25) is 14.5 Å². The summed E-state index contributed by atoms with van der Waals surface area (Å²) >= 11 is 0. The Morgan fingerprint density at radius 1 is 1.28 bits per heavy atom. The summed E-state index contributed by atoms with van der Waals surface area (Å²) in [4.78, 5) is 46.1. The molecule has 1 aromatic rings. The summed E-state index contributed by atoms with van der Waals surface area (Å²) in [5.41, 5.74) is 0. The van der Waals surface area contributed by atoms with Gasteiger partial charge in [-0.05, 0) is 12.1 Å². The zero-order chi connectivity index (χ0) is 13.4. The van der Waals surface area contributed by atoms with E-state index < -0.39 is 23.8 Å². The van der Waals surface area contributed by atoms with Gasteiger partial charge in [0.25, 0.3) is 0 Å². The zero-order valence-electron chi connectivity index (χ0n) is 9.24. The molecule has 1 aliphatic rings. The van der Waals surface area contributed by atoms with Crippen LogP contribution in [0.25, 0.3) is 0 Å². The second-order valence-corrected chi connectivity index (χ2v) is 3.61. The van der Waals surface area contributed by atoms with Crippen LogP contribution < -0.4 is 0 Å². The van der Waals surface area contributed by atoms with Crippen LogP contribution in [0.2, 0.25) is 0 Å². The Kier molecular flexibility index (Phi) is 2.62. The van der Waals surface area contributed by atoms with Crippen molar-refractivity contribution in [3.05, 3.63) is 23.7 Å². The molecule has 0 spiro atoms. The quantitative estimate of drug-likeness (QED) is 0.594. The standard InChI is InChI=1S/C10H8N2O6/c1-11-7(13)8(14)12(10(11)17)4-5-2-3-6(18-5)9(15)16/h2-3H,4H2,1H3,(H,15,16). The van der Waals surface area contributed by atoms with Crippen molar-refractivity contribution in [1.82, 2.24) is 9.80 Å². The molecule has 0 saturated carbocycles. The van der Waals surface area contributed by atoms with E-state index in [4.69, 9.17) is 9.52 Å². The molecule has 1 aliphatic heterocycles. The minimum Gasteiger partial charge on any atom is -0.475 e. The second-order valence-electron chi connectivity index (χ2n) is 3.61. The number of carbonyl (C=O) groups is 4. The van der Waals surface area contributed by atoms with Gasteiger partial charge in [0.15, 0.2) is 0 Å². The molecule has 1 aromatic heterocycles. The Hall–Kier alpha value is -2.64. The van der Waals surface area contributed by atoms with Gasteiger partial charge in [-0.15, -0.1) is 0 Å². The fourth-order valence-electron chi connectivity index (χ4n) is 1.49. The number of likely N-dealkylation sites (N-methyl/N-ethyl adjacent to an activating group) is 1. The summed E-state index contributed by atoms with van der Waals surface area (Å²) in [5.74, 6) is -3.34. The number of rotatable bonds is 3. The smallest absolute Gasteiger partial charge is 0.371 e. The number of carboxylic acids is 1. The van der Waals surface area contributed by atoms with Crippen LogP contribution in [0, 0.1) is 0 Å². The highest BCUT2D eigenvalue weighted by atomic mass is 16.4. The van der Waals surface area contributed by atoms with Crippen molar-refractivity contribution in [2.24, 2.45) is 0 Å². The highest BCUT2D eigenvalue weighted by Gasteiger charge is 2.42. The molecule has 0 radical (unpaired) electrons. The molecule has 2 heterocycles. The minimum absolute atomic E-state index is 0.109. The van der Waals surface area contributed by atoms with Gasteiger partial charge >= 0.3 is 23.8 Å². The molecule has 1 N–H and O–H groups in total. The van der Waals surface area contributed by atoms with Crippen molar-refractivity contribution in [2.45, 2.75) is 6.54 Å². The lowest BCUT2D eigenvalue weighted by Crippen LogP contribution is -2.30. The topological polar surface area (TPSA) is 108 Å². The number of carbonyl (C=O) groups excluding carboxylic acids is 3. The Morgan fingerprint density at radius 3 is 2.39 bits per heavy atom. The van der Waals surface area contributed by atoms with Crippen LogP contribution in [-0.4, -0.2) is 45.8 Å². The average Bonchev–Trinajstić information content (AvgIpc) is 2.86. The number of furan rings is 1. The fraction of sp³-hybridized carbons (Fsp3) is 0.200. The number of urea groups is 1. The molecule has 18 heavy (non-hydrogen) atoms. The van der Waals surface area contributed by atoms with E-state index in [9.17, 15) is 19.2 Å². The number of imide groups is 2. The third kappa shape index (κ3) is 1.73. The molecule has 0 aromatic carbocycles. The number of amides is 4. The summed E-state index contributed by atoms with van der Waals surface area (Å²) in [6, 6.07) is 1.76. The molecular weight excluding hydrogens is 244 g/mol. The van der Waals surface area contributed by atoms with E-state index in [1.54, 1.807) is 0 Å². The van der Waals surface area contributed by atoms with Crippen LogP contribution in [0.4, 0.5) is 4.79 Å². The van der Waals surface area contributed by atoms with Gasteiger partial charge in [0, 0.05) is 7.05 Å². The Bertz CT molecular complexity index is 560. The van der Waals surface area contributed by atoms with Crippen LogP contribution in [0.15, 0.2) is 16.5 Å². The fourth-order valence-corrected chi connectivity index (χ4v) is 1.49. The number of aromatic carboxylic acids is 1. The van der Waals surface area contributed by atoms with E-state index in [-0.39, 0.29) is 18.1 Å². The molecule has 0 aliphatic carbocycles. The van der Waals surface area contributed by atoms with Crippen molar-refractivity contribution in [1.29, 1.82) is 0 Å². The highest BCUT2D eigenvalue weighted by molar-refractivity contribution is 6.44. The molecule has 0 unspecified atom stereocenters.